The van der Waals surface area contributed by atoms with Crippen LogP contribution >= 0.6 is 0 Å². The van der Waals surface area contributed by atoms with Crippen molar-refractivity contribution in [1.29, 1.82) is 0 Å². The molecule has 0 amide bonds. The molecular formula is C7H11NO. The smallest absolute Gasteiger partial charge is 0.0870 e. The maximum absolute atomic E-state index is 9.89. The second-order valence-electron chi connectivity index (χ2n) is 2.98. The average Bonchev–Trinajstić information content (AvgIpc) is 2.16. The van der Waals surface area contributed by atoms with Crippen molar-refractivity contribution in [2.75, 3.05) is 6.54 Å². The fraction of sp³-hybridized carbons (Fsp3) is 0.714. The molecule has 1 aliphatic carbocycles. The van der Waals surface area contributed by atoms with Gasteiger partial charge in [-0.2, -0.15) is 4.91 Å². The van der Waals surface area contributed by atoms with Crippen molar-refractivity contribution < 1.29 is 0 Å². The molecule has 0 fully saturated rings. The highest BCUT2D eigenvalue weighted by atomic mass is 16.3. The van der Waals surface area contributed by atoms with Crippen LogP contribution in [0.3, 0.4) is 0 Å². The van der Waals surface area contributed by atoms with Gasteiger partial charge in [-0.05, 0) is 18.3 Å². The molecule has 9 heavy (non-hydrogen) atoms. The van der Waals surface area contributed by atoms with E-state index in [-0.39, 0.29) is 5.41 Å². The van der Waals surface area contributed by atoms with Crippen LogP contribution in [0.2, 0.25) is 0 Å². The van der Waals surface area contributed by atoms with Gasteiger partial charge in [0.1, 0.15) is 0 Å². The predicted octanol–water partition coefficient (Wildman–Crippen LogP) is 2.11. The van der Waals surface area contributed by atoms with E-state index in [1.165, 1.54) is 0 Å². The van der Waals surface area contributed by atoms with Crippen molar-refractivity contribution in [1.82, 2.24) is 0 Å². The summed E-state index contributed by atoms with van der Waals surface area (Å²) >= 11 is 0. The lowest BCUT2D eigenvalue weighted by atomic mass is 9.88. The molecule has 0 atom stereocenters. The van der Waals surface area contributed by atoms with Crippen LogP contribution in [0.4, 0.5) is 0 Å². The Bertz CT molecular complexity index is 132. The van der Waals surface area contributed by atoms with Crippen LogP contribution in [-0.4, -0.2) is 6.54 Å². The van der Waals surface area contributed by atoms with E-state index in [0.29, 0.717) is 6.54 Å². The van der Waals surface area contributed by atoms with Crippen LogP contribution in [0.1, 0.15) is 19.8 Å². The van der Waals surface area contributed by atoms with E-state index in [1.54, 1.807) is 0 Å². The number of hydrogen-bond acceptors (Lipinski definition) is 2. The SMILES string of the molecule is CC1(CN=O)CC=CC1. The van der Waals surface area contributed by atoms with E-state index in [4.69, 9.17) is 0 Å². The van der Waals surface area contributed by atoms with Crippen molar-refractivity contribution >= 4 is 0 Å². The second-order valence-corrected chi connectivity index (χ2v) is 2.98. The molecule has 0 aromatic carbocycles. The quantitative estimate of drug-likeness (QED) is 0.410. The topological polar surface area (TPSA) is 29.4 Å². The number of nitroso groups, excluding NO2 is 1. The molecule has 0 aliphatic heterocycles. The Hall–Kier alpha value is -0.660. The molecule has 1 rings (SSSR count). The minimum Gasteiger partial charge on any atom is -0.151 e. The van der Waals surface area contributed by atoms with E-state index in [9.17, 15) is 4.91 Å². The van der Waals surface area contributed by atoms with Crippen LogP contribution in [0, 0.1) is 10.3 Å². The van der Waals surface area contributed by atoms with Crippen molar-refractivity contribution in [2.24, 2.45) is 10.6 Å². The summed E-state index contributed by atoms with van der Waals surface area (Å²) in [5.74, 6) is 0. The number of rotatable bonds is 2. The number of nitrogens with zero attached hydrogens (tertiary/aromatic N) is 1. The van der Waals surface area contributed by atoms with Gasteiger partial charge in [0, 0.05) is 0 Å². The molecule has 0 aromatic rings. The summed E-state index contributed by atoms with van der Waals surface area (Å²) in [4.78, 5) is 9.89. The summed E-state index contributed by atoms with van der Waals surface area (Å²) in [7, 11) is 0. The summed E-state index contributed by atoms with van der Waals surface area (Å²) in [6.45, 7) is 2.55. The maximum Gasteiger partial charge on any atom is 0.0870 e. The first-order valence-corrected chi connectivity index (χ1v) is 3.21. The van der Waals surface area contributed by atoms with E-state index < -0.39 is 0 Å². The Morgan fingerprint density at radius 2 is 2.11 bits per heavy atom. The van der Waals surface area contributed by atoms with Crippen LogP contribution in [0.15, 0.2) is 17.3 Å². The van der Waals surface area contributed by atoms with Gasteiger partial charge in [0.25, 0.3) is 0 Å². The summed E-state index contributed by atoms with van der Waals surface area (Å²) in [6.07, 6.45) is 6.26. The highest BCUT2D eigenvalue weighted by molar-refractivity contribution is 5.01. The molecule has 0 spiro atoms. The zero-order chi connectivity index (χ0) is 6.74. The minimum atomic E-state index is 0.155. The zero-order valence-corrected chi connectivity index (χ0v) is 5.63. The third-order valence-electron chi connectivity index (χ3n) is 1.83. The molecule has 0 heterocycles. The zero-order valence-electron chi connectivity index (χ0n) is 5.63. The Morgan fingerprint density at radius 3 is 2.56 bits per heavy atom. The van der Waals surface area contributed by atoms with Gasteiger partial charge in [0.05, 0.1) is 6.54 Å². The summed E-state index contributed by atoms with van der Waals surface area (Å²) < 4.78 is 0. The molecule has 0 saturated heterocycles. The van der Waals surface area contributed by atoms with Crippen molar-refractivity contribution in [3.05, 3.63) is 17.1 Å². The summed E-state index contributed by atoms with van der Waals surface area (Å²) in [5, 5.41) is 2.90. The first-order chi connectivity index (χ1) is 4.27. The summed E-state index contributed by atoms with van der Waals surface area (Å²) in [6, 6.07) is 0. The van der Waals surface area contributed by atoms with Crippen molar-refractivity contribution in [3.63, 3.8) is 0 Å². The Labute approximate surface area is 54.9 Å². The monoisotopic (exact) mass is 125 g/mol. The fourth-order valence-corrected chi connectivity index (χ4v) is 1.10. The molecule has 0 radical (unpaired) electrons. The number of allylic oxidation sites excluding steroid dienone is 2. The summed E-state index contributed by atoms with van der Waals surface area (Å²) in [5.41, 5.74) is 0.155. The first kappa shape index (κ1) is 6.46. The molecule has 0 bridgehead atoms. The fourth-order valence-electron chi connectivity index (χ4n) is 1.10. The van der Waals surface area contributed by atoms with Crippen LogP contribution in [-0.2, 0) is 0 Å². The predicted molar refractivity (Wildman–Crippen MR) is 37.1 cm³/mol. The van der Waals surface area contributed by atoms with Gasteiger partial charge in [0.2, 0.25) is 0 Å². The van der Waals surface area contributed by atoms with E-state index in [0.717, 1.165) is 12.8 Å². The lowest BCUT2D eigenvalue weighted by Gasteiger charge is -2.17. The highest BCUT2D eigenvalue weighted by Gasteiger charge is 2.24. The number of hydrogen-bond donors (Lipinski definition) is 0. The van der Waals surface area contributed by atoms with E-state index in [2.05, 4.69) is 24.3 Å². The molecule has 50 valence electrons. The second kappa shape index (κ2) is 2.29. The van der Waals surface area contributed by atoms with Gasteiger partial charge in [-0.3, -0.25) is 0 Å². The van der Waals surface area contributed by atoms with Gasteiger partial charge >= 0.3 is 0 Å². The Balaban J connectivity index is 2.44. The van der Waals surface area contributed by atoms with Gasteiger partial charge in [-0.15, -0.1) is 0 Å². The van der Waals surface area contributed by atoms with E-state index >= 15 is 0 Å². The van der Waals surface area contributed by atoms with E-state index in [1.807, 2.05) is 0 Å². The Morgan fingerprint density at radius 1 is 1.56 bits per heavy atom. The normalized spacial score (nSPS) is 22.3. The molecule has 0 aromatic heterocycles. The molecule has 2 nitrogen and oxygen atoms in total. The van der Waals surface area contributed by atoms with Gasteiger partial charge in [0.15, 0.2) is 0 Å². The van der Waals surface area contributed by atoms with Crippen LogP contribution < -0.4 is 0 Å². The molecule has 2 heteroatoms. The third-order valence-corrected chi connectivity index (χ3v) is 1.83. The first-order valence-electron chi connectivity index (χ1n) is 3.21. The average molecular weight is 125 g/mol. The molecule has 0 unspecified atom stereocenters. The Kier molecular flexibility index (Phi) is 1.65. The van der Waals surface area contributed by atoms with Crippen molar-refractivity contribution in [2.45, 2.75) is 19.8 Å². The molecule has 0 saturated carbocycles. The largest absolute Gasteiger partial charge is 0.151 e. The van der Waals surface area contributed by atoms with Gasteiger partial charge < -0.3 is 0 Å². The maximum atomic E-state index is 9.89. The minimum absolute atomic E-state index is 0.155. The molecular weight excluding hydrogens is 114 g/mol. The van der Waals surface area contributed by atoms with Crippen LogP contribution in [0.25, 0.3) is 0 Å². The third kappa shape index (κ3) is 1.37. The van der Waals surface area contributed by atoms with Gasteiger partial charge in [-0.1, -0.05) is 24.3 Å². The van der Waals surface area contributed by atoms with Crippen LogP contribution in [0.5, 0.6) is 0 Å². The van der Waals surface area contributed by atoms with Gasteiger partial charge in [-0.25, -0.2) is 0 Å². The molecule has 0 N–H and O–H groups in total. The highest BCUT2D eigenvalue weighted by Crippen LogP contribution is 2.32. The van der Waals surface area contributed by atoms with Crippen molar-refractivity contribution in [3.8, 4) is 0 Å². The standard InChI is InChI=1S/C7H11NO/c1-7(6-8-9)4-2-3-5-7/h2-3H,4-6H2,1H3. The molecule has 1 aliphatic rings. The lowest BCUT2D eigenvalue weighted by molar-refractivity contribution is 0.365. The lowest BCUT2D eigenvalue weighted by Crippen LogP contribution is -2.14.